The van der Waals surface area contributed by atoms with Crippen molar-refractivity contribution in [2.75, 3.05) is 37.3 Å². The number of nitrogens with zero attached hydrogens (tertiary/aromatic N) is 7. The van der Waals surface area contributed by atoms with Gasteiger partial charge in [-0.05, 0) is 97.4 Å². The van der Waals surface area contributed by atoms with Crippen molar-refractivity contribution in [2.45, 2.75) is 116 Å². The van der Waals surface area contributed by atoms with E-state index in [0.29, 0.717) is 47.2 Å². The highest BCUT2D eigenvalue weighted by Crippen LogP contribution is 2.54. The van der Waals surface area contributed by atoms with Crippen LogP contribution in [0.25, 0.3) is 11.6 Å². The second kappa shape index (κ2) is 14.1. The normalized spacial score (nSPS) is 25.5. The number of ether oxygens (including phenoxy) is 1. The van der Waals surface area contributed by atoms with E-state index in [9.17, 15) is 10.1 Å². The number of nitrogens with two attached hydrogens (primary N) is 1. The van der Waals surface area contributed by atoms with Crippen molar-refractivity contribution < 1.29 is 14.1 Å². The molecule has 2 saturated heterocycles. The van der Waals surface area contributed by atoms with Gasteiger partial charge in [0.05, 0.1) is 11.3 Å². The number of piperazine rings is 1. The van der Waals surface area contributed by atoms with Crippen LogP contribution in [-0.4, -0.2) is 81.7 Å². The van der Waals surface area contributed by atoms with E-state index in [-0.39, 0.29) is 24.1 Å². The molecular formula is C37H50N8O3S. The number of aryl methyl sites for hydroxylation is 1. The minimum Gasteiger partial charge on any atom is -0.473 e. The first kappa shape index (κ1) is 34.9. The van der Waals surface area contributed by atoms with Crippen LogP contribution in [0.2, 0.25) is 0 Å². The quantitative estimate of drug-likeness (QED) is 0.303. The van der Waals surface area contributed by atoms with Gasteiger partial charge >= 0.3 is 0 Å². The van der Waals surface area contributed by atoms with E-state index in [1.807, 2.05) is 24.8 Å². The number of hydrogen-bond acceptors (Lipinski definition) is 11. The number of hydrogen-bond donors (Lipinski definition) is 1. The Morgan fingerprint density at radius 2 is 1.92 bits per heavy atom. The van der Waals surface area contributed by atoms with E-state index < -0.39 is 5.41 Å². The van der Waals surface area contributed by atoms with Gasteiger partial charge in [0.15, 0.2) is 0 Å². The molecule has 0 bridgehead atoms. The molecule has 12 heteroatoms. The van der Waals surface area contributed by atoms with Crippen molar-refractivity contribution in [3.05, 3.63) is 46.0 Å². The summed E-state index contributed by atoms with van der Waals surface area (Å²) in [5.74, 6) is 2.17. The van der Waals surface area contributed by atoms with Crippen molar-refractivity contribution >= 4 is 28.1 Å². The fourth-order valence-corrected chi connectivity index (χ4v) is 9.98. The van der Waals surface area contributed by atoms with Gasteiger partial charge in [0.25, 0.3) is 0 Å². The highest BCUT2D eigenvalue weighted by Gasteiger charge is 2.48. The lowest BCUT2D eigenvalue weighted by molar-refractivity contribution is -0.130. The molecule has 4 aliphatic rings. The third kappa shape index (κ3) is 6.09. The van der Waals surface area contributed by atoms with Crippen molar-refractivity contribution in [1.82, 2.24) is 24.9 Å². The molecule has 1 amide bonds. The Morgan fingerprint density at radius 3 is 2.57 bits per heavy atom. The van der Waals surface area contributed by atoms with Crippen LogP contribution in [-0.2, 0) is 23.1 Å². The smallest absolute Gasteiger partial charge is 0.246 e. The number of fused-ring (bicyclic) bond motifs is 4. The van der Waals surface area contributed by atoms with Gasteiger partial charge in [-0.2, -0.15) is 10.2 Å². The molecule has 262 valence electrons. The zero-order valence-corrected chi connectivity index (χ0v) is 30.6. The number of likely N-dealkylation sites (tertiary alicyclic amines) is 1. The summed E-state index contributed by atoms with van der Waals surface area (Å²) in [5.41, 5.74) is 9.52. The Labute approximate surface area is 294 Å². The number of carbonyl (C=O) groups is 1. The van der Waals surface area contributed by atoms with Crippen molar-refractivity contribution in [1.29, 1.82) is 5.26 Å². The maximum atomic E-state index is 12.6. The summed E-state index contributed by atoms with van der Waals surface area (Å²) < 4.78 is 12.8. The molecule has 0 saturated carbocycles. The van der Waals surface area contributed by atoms with Crippen molar-refractivity contribution in [3.63, 3.8) is 0 Å². The fraction of sp³-hybridized carbons (Fsp3) is 0.595. The van der Waals surface area contributed by atoms with Crippen LogP contribution in [0.3, 0.4) is 0 Å². The molecule has 49 heavy (non-hydrogen) atoms. The molecule has 2 aliphatic carbocycles. The molecule has 3 aromatic rings. The number of nitrogen functional groups attached to an aromatic ring is 1. The van der Waals surface area contributed by atoms with Gasteiger partial charge in [0, 0.05) is 53.1 Å². The molecule has 0 radical (unpaired) electrons. The highest BCUT2D eigenvalue weighted by atomic mass is 32.1. The van der Waals surface area contributed by atoms with Crippen LogP contribution in [0, 0.1) is 11.3 Å². The monoisotopic (exact) mass is 686 g/mol. The minimum atomic E-state index is -0.403. The van der Waals surface area contributed by atoms with Gasteiger partial charge in [0.1, 0.15) is 23.0 Å². The summed E-state index contributed by atoms with van der Waals surface area (Å²) in [5, 5.41) is 15.5. The third-order valence-electron chi connectivity index (χ3n) is 10.9. The van der Waals surface area contributed by atoms with E-state index in [1.54, 1.807) is 11.3 Å². The molecule has 1 spiro atoms. The lowest BCUT2D eigenvalue weighted by Gasteiger charge is -2.44. The Balaban J connectivity index is 0.00000205. The Hall–Kier alpha value is -3.95. The maximum Gasteiger partial charge on any atom is 0.246 e. The molecule has 0 aromatic carbocycles. The topological polar surface area (TPSA) is 138 Å². The van der Waals surface area contributed by atoms with E-state index in [2.05, 4.69) is 50.3 Å². The molecule has 2 N–H and O–H groups in total. The molecule has 2 fully saturated rings. The van der Waals surface area contributed by atoms with Crippen LogP contribution >= 0.6 is 11.3 Å². The summed E-state index contributed by atoms with van der Waals surface area (Å²) >= 11 is 1.54. The first-order valence-electron chi connectivity index (χ1n) is 17.9. The van der Waals surface area contributed by atoms with Gasteiger partial charge in [-0.3, -0.25) is 9.69 Å². The Bertz CT molecular complexity index is 1730. The standard InChI is InChI=1S/C35H44N8O3S.C2H6/c1-6-29(44)43-20(2)18-42(19-21(43)3)27-16-28(45-22(4)25-11-9-15-41(25)5)39-34(38-27)31-23-10-7-13-35(32(23)40-46-31)14-8-12-26-30(35)24(17-36)33(37)47-26;1-2/h6,16,20-22,25H,1,7-15,18-19,37H2,2-5H3;1-2H3/t20-,21?,22-,25?,35-;/m0./s1. The van der Waals surface area contributed by atoms with E-state index >= 15 is 0 Å². The first-order chi connectivity index (χ1) is 23.6. The van der Waals surface area contributed by atoms with E-state index in [1.165, 1.54) is 11.0 Å². The number of aromatic nitrogens is 3. The molecule has 3 aromatic heterocycles. The van der Waals surface area contributed by atoms with Crippen LogP contribution in [0.4, 0.5) is 10.8 Å². The second-order valence-corrected chi connectivity index (χ2v) is 15.0. The number of rotatable bonds is 6. The molecule has 11 nitrogen and oxygen atoms in total. The predicted octanol–water partition coefficient (Wildman–Crippen LogP) is 6.10. The largest absolute Gasteiger partial charge is 0.473 e. The van der Waals surface area contributed by atoms with Crippen molar-refractivity contribution in [2.24, 2.45) is 0 Å². The fourth-order valence-electron chi connectivity index (χ4n) is 8.82. The molecule has 7 rings (SSSR count). The van der Waals surface area contributed by atoms with Crippen LogP contribution in [0.15, 0.2) is 23.2 Å². The van der Waals surface area contributed by atoms with E-state index in [4.69, 9.17) is 30.1 Å². The van der Waals surface area contributed by atoms with E-state index in [0.717, 1.165) is 80.6 Å². The van der Waals surface area contributed by atoms with Crippen LogP contribution in [0.5, 0.6) is 5.88 Å². The number of carbonyl (C=O) groups excluding carboxylic acids is 1. The number of likely N-dealkylation sites (N-methyl/N-ethyl adjacent to an activating group) is 1. The predicted molar refractivity (Wildman–Crippen MR) is 193 cm³/mol. The van der Waals surface area contributed by atoms with Gasteiger partial charge in [-0.1, -0.05) is 25.6 Å². The van der Waals surface area contributed by atoms with Crippen molar-refractivity contribution in [3.8, 4) is 23.5 Å². The second-order valence-electron chi connectivity index (χ2n) is 13.8. The molecule has 5 atom stereocenters. The molecule has 2 aliphatic heterocycles. The third-order valence-corrected chi connectivity index (χ3v) is 11.9. The molecule has 2 unspecified atom stereocenters. The number of anilines is 2. The average Bonchev–Trinajstić information content (AvgIpc) is 3.82. The summed E-state index contributed by atoms with van der Waals surface area (Å²) in [7, 11) is 2.15. The first-order valence-corrected chi connectivity index (χ1v) is 18.7. The molecular weight excluding hydrogens is 637 g/mol. The van der Waals surface area contributed by atoms with Crippen LogP contribution in [0.1, 0.15) is 100 Å². The number of thiophene rings is 1. The number of amides is 1. The van der Waals surface area contributed by atoms with Crippen LogP contribution < -0.4 is 15.4 Å². The number of nitriles is 1. The molecule has 5 heterocycles. The van der Waals surface area contributed by atoms with Gasteiger partial charge in [-0.15, -0.1) is 11.3 Å². The summed E-state index contributed by atoms with van der Waals surface area (Å²) in [6, 6.07) is 4.55. The van der Waals surface area contributed by atoms with Gasteiger partial charge in [-0.25, -0.2) is 4.98 Å². The minimum absolute atomic E-state index is 0.0381. The highest BCUT2D eigenvalue weighted by molar-refractivity contribution is 7.16. The summed E-state index contributed by atoms with van der Waals surface area (Å²) in [6.45, 7) is 16.2. The van der Waals surface area contributed by atoms with Gasteiger partial charge < -0.3 is 24.8 Å². The lowest BCUT2D eigenvalue weighted by atomic mass is 9.62. The maximum absolute atomic E-state index is 12.6. The Morgan fingerprint density at radius 1 is 1.20 bits per heavy atom. The zero-order valence-electron chi connectivity index (χ0n) is 29.8. The zero-order chi connectivity index (χ0) is 35.0. The average molecular weight is 687 g/mol. The summed E-state index contributed by atoms with van der Waals surface area (Å²) in [4.78, 5) is 30.4. The Kier molecular flexibility index (Phi) is 10.1. The lowest BCUT2D eigenvalue weighted by Crippen LogP contribution is -2.58. The summed E-state index contributed by atoms with van der Waals surface area (Å²) in [6.07, 6.45) is 8.99. The SMILES string of the molecule is C=CC(=O)N1C(C)CN(c2cc(O[C@@H](C)C3CCCN3C)nc(-c3onc4c3CCC[C@@]43CCCc4sc(N)c(C#N)c43)n2)C[C@@H]1C.CC. The van der Waals surface area contributed by atoms with Gasteiger partial charge in [0.2, 0.25) is 23.4 Å².